The van der Waals surface area contributed by atoms with Crippen LogP contribution in [-0.4, -0.2) is 23.2 Å². The fourth-order valence-corrected chi connectivity index (χ4v) is 3.56. The Labute approximate surface area is 150 Å². The number of ether oxygens (including phenoxy) is 1. The first kappa shape index (κ1) is 20.1. The summed E-state index contributed by atoms with van der Waals surface area (Å²) in [5, 5.41) is 10.3. The zero-order chi connectivity index (χ0) is 19.6. The van der Waals surface area contributed by atoms with Gasteiger partial charge in [-0.2, -0.15) is 13.2 Å². The van der Waals surface area contributed by atoms with E-state index >= 15 is 0 Å². The molecule has 1 aromatic heterocycles. The van der Waals surface area contributed by atoms with Gasteiger partial charge in [0, 0.05) is 5.39 Å². The number of benzene rings is 1. The van der Waals surface area contributed by atoms with E-state index in [4.69, 9.17) is 0 Å². The monoisotopic (exact) mass is 371 g/mol. The number of carbonyl (C=O) groups is 1. The van der Waals surface area contributed by atoms with Crippen molar-refractivity contribution in [3.8, 4) is 5.75 Å². The predicted octanol–water partition coefficient (Wildman–Crippen LogP) is 5.67. The first-order valence-electron chi connectivity index (χ1n) is 8.70. The minimum absolute atomic E-state index is 0.0154. The van der Waals surface area contributed by atoms with Crippen molar-refractivity contribution in [1.29, 1.82) is 0 Å². The Hall–Kier alpha value is -2.18. The molecular weight excluding hydrogens is 347 g/mol. The summed E-state index contributed by atoms with van der Waals surface area (Å²) in [4.78, 5) is 14.4. The van der Waals surface area contributed by atoms with Crippen LogP contribution in [0.1, 0.15) is 72.6 Å². The minimum Gasteiger partial charge on any atom is -0.506 e. The van der Waals surface area contributed by atoms with Gasteiger partial charge in [-0.05, 0) is 42.9 Å². The molecule has 1 aromatic carbocycles. The molecule has 0 radical (unpaired) electrons. The number of aromatic hydroxyl groups is 1. The topological polar surface area (TPSA) is 62.3 Å². The second-order valence-electron chi connectivity index (χ2n) is 6.49. The molecule has 1 atom stereocenters. The summed E-state index contributed by atoms with van der Waals surface area (Å²) in [7, 11) is 1.05. The number of hydrogen-bond acceptors (Lipinski definition) is 3. The lowest BCUT2D eigenvalue weighted by Crippen LogP contribution is -2.14. The average Bonchev–Trinajstić information content (AvgIpc) is 2.98. The number of alkyl halides is 3. The van der Waals surface area contributed by atoms with Crippen molar-refractivity contribution >= 4 is 16.9 Å². The minimum atomic E-state index is -4.77. The lowest BCUT2D eigenvalue weighted by atomic mass is 9.84. The molecule has 144 valence electrons. The molecule has 26 heavy (non-hydrogen) atoms. The maximum absolute atomic E-state index is 13.5. The summed E-state index contributed by atoms with van der Waals surface area (Å²) in [6, 6.07) is 1.45. The molecule has 0 saturated carbocycles. The number of unbranched alkanes of at least 4 members (excludes halogenated alkanes) is 1. The lowest BCUT2D eigenvalue weighted by Gasteiger charge is -2.20. The second-order valence-corrected chi connectivity index (χ2v) is 6.49. The number of aromatic nitrogens is 1. The highest BCUT2D eigenvalue weighted by Crippen LogP contribution is 2.44. The van der Waals surface area contributed by atoms with Crippen LogP contribution < -0.4 is 0 Å². The van der Waals surface area contributed by atoms with Crippen LogP contribution in [0, 0.1) is 6.92 Å². The van der Waals surface area contributed by atoms with Gasteiger partial charge in [-0.25, -0.2) is 4.79 Å². The molecule has 0 aliphatic heterocycles. The van der Waals surface area contributed by atoms with Crippen LogP contribution in [-0.2, 0) is 10.9 Å². The lowest BCUT2D eigenvalue weighted by molar-refractivity contribution is -0.141. The molecule has 0 saturated heterocycles. The van der Waals surface area contributed by atoms with E-state index in [0.29, 0.717) is 17.5 Å². The van der Waals surface area contributed by atoms with E-state index in [0.717, 1.165) is 26.4 Å². The number of carbonyl (C=O) groups excluding carboxylic acids is 1. The number of nitrogens with one attached hydrogen (secondary N) is 1. The number of hydrogen-bond donors (Lipinski definition) is 2. The van der Waals surface area contributed by atoms with Gasteiger partial charge in [0.25, 0.3) is 0 Å². The van der Waals surface area contributed by atoms with Crippen molar-refractivity contribution < 1.29 is 27.8 Å². The summed E-state index contributed by atoms with van der Waals surface area (Å²) in [6.07, 6.45) is -1.38. The van der Waals surface area contributed by atoms with Crippen molar-refractivity contribution in [2.45, 2.75) is 58.5 Å². The summed E-state index contributed by atoms with van der Waals surface area (Å²) < 4.78 is 45.2. The van der Waals surface area contributed by atoms with Gasteiger partial charge in [0.05, 0.1) is 18.2 Å². The zero-order valence-electron chi connectivity index (χ0n) is 15.4. The number of aromatic amines is 1. The number of phenols is 1. The van der Waals surface area contributed by atoms with Gasteiger partial charge >= 0.3 is 12.1 Å². The molecule has 0 fully saturated rings. The third kappa shape index (κ3) is 3.52. The predicted molar refractivity (Wildman–Crippen MR) is 93.6 cm³/mol. The Morgan fingerprint density at radius 2 is 2.00 bits per heavy atom. The maximum atomic E-state index is 13.5. The highest BCUT2D eigenvalue weighted by molar-refractivity contribution is 6.09. The van der Waals surface area contributed by atoms with Crippen LogP contribution in [0.5, 0.6) is 5.75 Å². The highest BCUT2D eigenvalue weighted by atomic mass is 19.4. The molecule has 0 aliphatic rings. The molecule has 1 heterocycles. The van der Waals surface area contributed by atoms with Gasteiger partial charge in [0.15, 0.2) is 0 Å². The fourth-order valence-electron chi connectivity index (χ4n) is 3.56. The van der Waals surface area contributed by atoms with Crippen LogP contribution >= 0.6 is 0 Å². The van der Waals surface area contributed by atoms with Crippen molar-refractivity contribution in [2.75, 3.05) is 7.11 Å². The third-order valence-electron chi connectivity index (χ3n) is 4.78. The molecule has 2 rings (SSSR count). The Morgan fingerprint density at radius 1 is 1.35 bits per heavy atom. The largest absolute Gasteiger partial charge is 0.506 e. The summed E-state index contributed by atoms with van der Waals surface area (Å²) in [6.45, 7) is 5.75. The first-order chi connectivity index (χ1) is 12.2. The molecular formula is C19H24F3NO3. The number of esters is 1. The molecule has 7 heteroatoms. The van der Waals surface area contributed by atoms with E-state index in [1.165, 1.54) is 6.07 Å². The smallest absolute Gasteiger partial charge is 0.432 e. The van der Waals surface area contributed by atoms with Crippen LogP contribution in [0.25, 0.3) is 10.9 Å². The quantitative estimate of drug-likeness (QED) is 0.643. The number of aryl methyl sites for hydroxylation is 1. The third-order valence-corrected chi connectivity index (χ3v) is 4.78. The number of halogens is 3. The van der Waals surface area contributed by atoms with Crippen molar-refractivity contribution in [2.24, 2.45) is 0 Å². The Morgan fingerprint density at radius 3 is 2.50 bits per heavy atom. The molecule has 2 aromatic rings. The number of fused-ring (bicyclic) bond motifs is 1. The summed E-state index contributed by atoms with van der Waals surface area (Å²) in [5.41, 5.74) is -0.490. The number of phenolic OH excluding ortho intramolecular Hbond substituents is 1. The Balaban J connectivity index is 2.92. The van der Waals surface area contributed by atoms with Crippen molar-refractivity contribution in [3.63, 3.8) is 0 Å². The highest BCUT2D eigenvalue weighted by Gasteiger charge is 2.40. The van der Waals surface area contributed by atoms with Crippen LogP contribution in [0.2, 0.25) is 0 Å². The van der Waals surface area contributed by atoms with Crippen LogP contribution in [0.4, 0.5) is 13.2 Å². The van der Waals surface area contributed by atoms with Crippen molar-refractivity contribution in [3.05, 3.63) is 28.5 Å². The molecule has 0 bridgehead atoms. The average molecular weight is 371 g/mol. The van der Waals surface area contributed by atoms with Gasteiger partial charge in [-0.1, -0.05) is 26.7 Å². The number of rotatable bonds is 6. The van der Waals surface area contributed by atoms with Crippen LogP contribution in [0.15, 0.2) is 6.07 Å². The molecule has 0 amide bonds. The van der Waals surface area contributed by atoms with E-state index < -0.39 is 23.4 Å². The SMILES string of the molecule is CCCC[C@@H](CC)c1c(C)cc(O)c2[nH]c(C(F)(F)F)c(C(=O)OC)c12. The second kappa shape index (κ2) is 7.60. The fraction of sp³-hybridized carbons (Fsp3) is 0.526. The first-order valence-corrected chi connectivity index (χ1v) is 8.70. The van der Waals surface area contributed by atoms with Gasteiger partial charge in [-0.15, -0.1) is 0 Å². The van der Waals surface area contributed by atoms with Crippen molar-refractivity contribution in [1.82, 2.24) is 4.98 Å². The van der Waals surface area contributed by atoms with Gasteiger partial charge in [-0.3, -0.25) is 0 Å². The summed E-state index contributed by atoms with van der Waals surface area (Å²) in [5.74, 6) is -1.40. The molecule has 0 unspecified atom stereocenters. The molecule has 0 aliphatic carbocycles. The Kier molecular flexibility index (Phi) is 5.88. The van der Waals surface area contributed by atoms with E-state index in [9.17, 15) is 23.1 Å². The molecule has 4 nitrogen and oxygen atoms in total. The molecule has 0 spiro atoms. The van der Waals surface area contributed by atoms with Gasteiger partial charge in [0.2, 0.25) is 0 Å². The van der Waals surface area contributed by atoms with E-state index in [-0.39, 0.29) is 22.6 Å². The van der Waals surface area contributed by atoms with Crippen LogP contribution in [0.3, 0.4) is 0 Å². The van der Waals surface area contributed by atoms with Gasteiger partial charge in [0.1, 0.15) is 11.4 Å². The van der Waals surface area contributed by atoms with Gasteiger partial charge < -0.3 is 14.8 Å². The van der Waals surface area contributed by atoms with E-state index in [1.807, 2.05) is 13.8 Å². The zero-order valence-corrected chi connectivity index (χ0v) is 15.4. The normalized spacial score (nSPS) is 13.2. The standard InChI is InChI=1S/C19H24F3NO3/c1-5-7-8-11(6-2)13-10(3)9-12(24)16-14(13)15(18(25)26-4)17(23-16)19(20,21)22/h9,11,23-24H,5-8H2,1-4H3/t11-/m1/s1. The van der Waals surface area contributed by atoms with E-state index in [2.05, 4.69) is 9.72 Å². The Bertz CT molecular complexity index is 809. The maximum Gasteiger partial charge on any atom is 0.432 e. The number of H-pyrrole nitrogens is 1. The molecule has 2 N–H and O–H groups in total. The van der Waals surface area contributed by atoms with E-state index in [1.54, 1.807) is 6.92 Å². The number of methoxy groups -OCH3 is 1. The summed E-state index contributed by atoms with van der Waals surface area (Å²) >= 11 is 0.